The van der Waals surface area contributed by atoms with Gasteiger partial charge in [-0.1, -0.05) is 48.0 Å². The van der Waals surface area contributed by atoms with Gasteiger partial charge in [-0.25, -0.2) is 0 Å². The molecule has 1 aliphatic rings. The van der Waals surface area contributed by atoms with Gasteiger partial charge in [0, 0.05) is 25.2 Å². The van der Waals surface area contributed by atoms with E-state index in [1.165, 1.54) is 16.7 Å². The summed E-state index contributed by atoms with van der Waals surface area (Å²) in [4.78, 5) is 2.40. The molecule has 1 heterocycles. The van der Waals surface area contributed by atoms with Gasteiger partial charge in [-0.15, -0.1) is 0 Å². The summed E-state index contributed by atoms with van der Waals surface area (Å²) in [7, 11) is 0. The lowest BCUT2D eigenvalue weighted by Gasteiger charge is -2.19. The summed E-state index contributed by atoms with van der Waals surface area (Å²) in [5.74, 6) is 0.854. The second kappa shape index (κ2) is 5.86. The zero-order valence-electron chi connectivity index (χ0n) is 11.6. The van der Waals surface area contributed by atoms with Crippen molar-refractivity contribution in [3.8, 4) is 5.75 Å². The Morgan fingerprint density at radius 1 is 1.20 bits per heavy atom. The number of aryl methyl sites for hydroxylation is 1. The average molecular weight is 288 g/mol. The van der Waals surface area contributed by atoms with Crippen LogP contribution in [0.1, 0.15) is 16.7 Å². The predicted molar refractivity (Wildman–Crippen MR) is 82.2 cm³/mol. The van der Waals surface area contributed by atoms with E-state index >= 15 is 0 Å². The summed E-state index contributed by atoms with van der Waals surface area (Å²) in [6, 6.07) is 14.7. The van der Waals surface area contributed by atoms with Crippen molar-refractivity contribution in [1.82, 2.24) is 4.90 Å². The van der Waals surface area contributed by atoms with Crippen LogP contribution in [0.25, 0.3) is 0 Å². The summed E-state index contributed by atoms with van der Waals surface area (Å²) in [5, 5.41) is 0.724. The molecule has 0 spiro atoms. The van der Waals surface area contributed by atoms with Crippen LogP contribution in [0.5, 0.6) is 5.75 Å². The van der Waals surface area contributed by atoms with Crippen LogP contribution in [0, 0.1) is 6.92 Å². The van der Waals surface area contributed by atoms with Crippen LogP contribution in [-0.4, -0.2) is 18.1 Å². The van der Waals surface area contributed by atoms with Crippen LogP contribution in [0.15, 0.2) is 42.5 Å². The highest BCUT2D eigenvalue weighted by Gasteiger charge is 2.18. The maximum absolute atomic E-state index is 6.28. The molecule has 0 N–H and O–H groups in total. The van der Waals surface area contributed by atoms with Crippen LogP contribution in [0.2, 0.25) is 5.02 Å². The van der Waals surface area contributed by atoms with E-state index in [1.54, 1.807) is 0 Å². The van der Waals surface area contributed by atoms with Gasteiger partial charge >= 0.3 is 0 Å². The fourth-order valence-electron chi connectivity index (χ4n) is 2.65. The molecule has 0 atom stereocenters. The highest BCUT2D eigenvalue weighted by Crippen LogP contribution is 2.33. The topological polar surface area (TPSA) is 12.5 Å². The van der Waals surface area contributed by atoms with Gasteiger partial charge in [0.25, 0.3) is 0 Å². The first kappa shape index (κ1) is 13.5. The van der Waals surface area contributed by atoms with E-state index in [2.05, 4.69) is 42.2 Å². The van der Waals surface area contributed by atoms with E-state index in [1.807, 2.05) is 12.1 Å². The van der Waals surface area contributed by atoms with E-state index in [-0.39, 0.29) is 0 Å². The molecule has 0 bridgehead atoms. The Hall–Kier alpha value is -1.51. The van der Waals surface area contributed by atoms with Gasteiger partial charge in [-0.2, -0.15) is 0 Å². The summed E-state index contributed by atoms with van der Waals surface area (Å²) in [6.45, 7) is 5.49. The molecule has 2 aromatic carbocycles. The molecule has 20 heavy (non-hydrogen) atoms. The number of halogens is 1. The zero-order chi connectivity index (χ0) is 13.9. The Bertz CT molecular complexity index is 597. The molecule has 2 nitrogen and oxygen atoms in total. The first-order valence-corrected chi connectivity index (χ1v) is 7.28. The zero-order valence-corrected chi connectivity index (χ0v) is 12.4. The minimum absolute atomic E-state index is 0.683. The van der Waals surface area contributed by atoms with Crippen LogP contribution >= 0.6 is 11.6 Å². The molecule has 0 fully saturated rings. The molecule has 0 amide bonds. The highest BCUT2D eigenvalue weighted by molar-refractivity contribution is 6.32. The second-order valence-electron chi connectivity index (χ2n) is 5.28. The molecule has 3 rings (SSSR count). The maximum atomic E-state index is 6.28. The Kier molecular flexibility index (Phi) is 3.95. The third kappa shape index (κ3) is 2.97. The van der Waals surface area contributed by atoms with Gasteiger partial charge in [0.15, 0.2) is 0 Å². The number of nitrogens with zero attached hydrogens (tertiary/aromatic N) is 1. The van der Waals surface area contributed by atoms with E-state index in [0.717, 1.165) is 30.4 Å². The first-order valence-electron chi connectivity index (χ1n) is 6.90. The molecule has 104 valence electrons. The van der Waals surface area contributed by atoms with Crippen LogP contribution in [-0.2, 0) is 13.1 Å². The number of hydrogen-bond acceptors (Lipinski definition) is 2. The van der Waals surface area contributed by atoms with Crippen molar-refractivity contribution in [2.24, 2.45) is 0 Å². The molecule has 3 heteroatoms. The van der Waals surface area contributed by atoms with Gasteiger partial charge in [-0.05, 0) is 24.1 Å². The smallest absolute Gasteiger partial charge is 0.142 e. The Morgan fingerprint density at radius 2 is 2.00 bits per heavy atom. The van der Waals surface area contributed by atoms with Crippen molar-refractivity contribution in [1.29, 1.82) is 0 Å². The van der Waals surface area contributed by atoms with Gasteiger partial charge in [0.2, 0.25) is 0 Å². The fourth-order valence-corrected chi connectivity index (χ4v) is 3.00. The number of fused-ring (bicyclic) bond motifs is 1. The number of rotatable bonds is 2. The maximum Gasteiger partial charge on any atom is 0.142 e. The largest absolute Gasteiger partial charge is 0.490 e. The van der Waals surface area contributed by atoms with E-state index in [0.29, 0.717) is 6.61 Å². The molecule has 0 saturated carbocycles. The Labute approximate surface area is 124 Å². The van der Waals surface area contributed by atoms with Crippen LogP contribution < -0.4 is 4.74 Å². The molecule has 2 aromatic rings. The van der Waals surface area contributed by atoms with Crippen molar-refractivity contribution in [2.45, 2.75) is 20.0 Å². The SMILES string of the molecule is Cc1cc(Cl)c2c(c1)CN(Cc1ccccc1)CCO2. The minimum atomic E-state index is 0.683. The first-order chi connectivity index (χ1) is 9.72. The van der Waals surface area contributed by atoms with Gasteiger partial charge in [0.05, 0.1) is 5.02 Å². The molecule has 0 aliphatic carbocycles. The lowest BCUT2D eigenvalue weighted by atomic mass is 10.1. The van der Waals surface area contributed by atoms with E-state index < -0.39 is 0 Å². The summed E-state index contributed by atoms with van der Waals surface area (Å²) < 4.78 is 5.83. The van der Waals surface area contributed by atoms with Crippen LogP contribution in [0.4, 0.5) is 0 Å². The van der Waals surface area contributed by atoms with Crippen molar-refractivity contribution >= 4 is 11.6 Å². The quantitative estimate of drug-likeness (QED) is 0.826. The number of hydrogen-bond donors (Lipinski definition) is 0. The monoisotopic (exact) mass is 287 g/mol. The van der Waals surface area contributed by atoms with Gasteiger partial charge in [0.1, 0.15) is 12.4 Å². The van der Waals surface area contributed by atoms with Crippen molar-refractivity contribution in [3.63, 3.8) is 0 Å². The third-order valence-corrected chi connectivity index (χ3v) is 3.84. The van der Waals surface area contributed by atoms with Crippen molar-refractivity contribution in [2.75, 3.05) is 13.2 Å². The molecular weight excluding hydrogens is 270 g/mol. The molecule has 0 radical (unpaired) electrons. The fraction of sp³-hybridized carbons (Fsp3) is 0.294. The summed E-state index contributed by atoms with van der Waals surface area (Å²) in [5.41, 5.74) is 3.69. The Balaban J connectivity index is 1.82. The van der Waals surface area contributed by atoms with Crippen molar-refractivity contribution < 1.29 is 4.74 Å². The number of benzene rings is 2. The molecule has 0 unspecified atom stereocenters. The highest BCUT2D eigenvalue weighted by atomic mass is 35.5. The molecule has 0 aromatic heterocycles. The molecule has 1 aliphatic heterocycles. The predicted octanol–water partition coefficient (Wildman–Crippen LogP) is 4.04. The normalized spacial score (nSPS) is 15.3. The van der Waals surface area contributed by atoms with Crippen LogP contribution in [0.3, 0.4) is 0 Å². The van der Waals surface area contributed by atoms with E-state index in [9.17, 15) is 0 Å². The third-order valence-electron chi connectivity index (χ3n) is 3.56. The summed E-state index contributed by atoms with van der Waals surface area (Å²) >= 11 is 6.28. The van der Waals surface area contributed by atoms with E-state index in [4.69, 9.17) is 16.3 Å². The lowest BCUT2D eigenvalue weighted by Crippen LogP contribution is -2.25. The Morgan fingerprint density at radius 3 is 2.80 bits per heavy atom. The number of ether oxygens (including phenoxy) is 1. The minimum Gasteiger partial charge on any atom is -0.490 e. The van der Waals surface area contributed by atoms with Crippen molar-refractivity contribution in [3.05, 3.63) is 64.2 Å². The standard InChI is InChI=1S/C17H18ClNO/c1-13-9-15-12-19(11-14-5-3-2-4-6-14)7-8-20-17(15)16(18)10-13/h2-6,9-10H,7-8,11-12H2,1H3. The summed E-state index contributed by atoms with van der Waals surface area (Å²) in [6.07, 6.45) is 0. The average Bonchev–Trinajstić information content (AvgIpc) is 2.62. The van der Waals surface area contributed by atoms with Gasteiger partial charge < -0.3 is 4.74 Å². The molecule has 0 saturated heterocycles. The molecular formula is C17H18ClNO. The second-order valence-corrected chi connectivity index (χ2v) is 5.69. The van der Waals surface area contributed by atoms with Gasteiger partial charge in [-0.3, -0.25) is 4.90 Å². The lowest BCUT2D eigenvalue weighted by molar-refractivity contribution is 0.219.